The average molecular weight is 244 g/mol. The van der Waals surface area contributed by atoms with Gasteiger partial charge < -0.3 is 9.64 Å². The van der Waals surface area contributed by atoms with E-state index < -0.39 is 22.2 Å². The van der Waals surface area contributed by atoms with Crippen LogP contribution in [0.15, 0.2) is 12.1 Å². The molecule has 0 spiro atoms. The fourth-order valence-electron chi connectivity index (χ4n) is 1.73. The van der Waals surface area contributed by atoms with Crippen LogP contribution in [0.1, 0.15) is 0 Å². The van der Waals surface area contributed by atoms with Crippen molar-refractivity contribution in [3.05, 3.63) is 33.9 Å². The molecule has 0 aliphatic carbocycles. The minimum Gasteiger partial charge on any atom is -0.378 e. The Labute approximate surface area is 95.7 Å². The number of hydrogen-bond acceptors (Lipinski definition) is 4. The molecule has 0 saturated carbocycles. The predicted octanol–water partition coefficient (Wildman–Crippen LogP) is 1.71. The second-order valence-electron chi connectivity index (χ2n) is 3.61. The van der Waals surface area contributed by atoms with Gasteiger partial charge in [-0.2, -0.15) is 8.78 Å². The number of halogens is 2. The second-order valence-corrected chi connectivity index (χ2v) is 3.61. The largest absolute Gasteiger partial charge is 0.378 e. The van der Waals surface area contributed by atoms with E-state index in [2.05, 4.69) is 0 Å². The molecule has 0 amide bonds. The first kappa shape index (κ1) is 11.7. The number of nitro groups is 1. The van der Waals surface area contributed by atoms with Crippen molar-refractivity contribution in [1.82, 2.24) is 0 Å². The topological polar surface area (TPSA) is 55.6 Å². The highest BCUT2D eigenvalue weighted by molar-refractivity contribution is 5.52. The highest BCUT2D eigenvalue weighted by atomic mass is 19.1. The Bertz CT molecular complexity index is 424. The minimum atomic E-state index is -1.16. The molecule has 2 rings (SSSR count). The summed E-state index contributed by atoms with van der Waals surface area (Å²) in [6.45, 7) is 1.97. The molecule has 1 aromatic rings. The van der Waals surface area contributed by atoms with Crippen molar-refractivity contribution in [1.29, 1.82) is 0 Å². The predicted molar refractivity (Wildman–Crippen MR) is 56.0 cm³/mol. The van der Waals surface area contributed by atoms with Gasteiger partial charge in [0, 0.05) is 30.9 Å². The van der Waals surface area contributed by atoms with Crippen LogP contribution in [0.2, 0.25) is 0 Å². The van der Waals surface area contributed by atoms with Crippen LogP contribution in [0.5, 0.6) is 0 Å². The van der Waals surface area contributed by atoms with E-state index in [0.717, 1.165) is 12.1 Å². The summed E-state index contributed by atoms with van der Waals surface area (Å²) in [6, 6.07) is 1.96. The molecule has 17 heavy (non-hydrogen) atoms. The number of nitrogens with zero attached hydrogens (tertiary/aromatic N) is 2. The zero-order valence-corrected chi connectivity index (χ0v) is 8.86. The van der Waals surface area contributed by atoms with Crippen molar-refractivity contribution in [3.8, 4) is 0 Å². The third-order valence-electron chi connectivity index (χ3n) is 2.56. The summed E-state index contributed by atoms with van der Waals surface area (Å²) >= 11 is 0. The molecular weight excluding hydrogens is 234 g/mol. The lowest BCUT2D eigenvalue weighted by Gasteiger charge is -2.28. The van der Waals surface area contributed by atoms with Gasteiger partial charge in [-0.15, -0.1) is 0 Å². The molecule has 0 N–H and O–H groups in total. The molecule has 1 aromatic carbocycles. The lowest BCUT2D eigenvalue weighted by Crippen LogP contribution is -2.36. The Kier molecular flexibility index (Phi) is 3.19. The number of ether oxygens (including phenoxy) is 1. The van der Waals surface area contributed by atoms with E-state index in [9.17, 15) is 18.9 Å². The molecule has 5 nitrogen and oxygen atoms in total. The normalized spacial score (nSPS) is 16.0. The van der Waals surface area contributed by atoms with Gasteiger partial charge in [-0.1, -0.05) is 0 Å². The van der Waals surface area contributed by atoms with Crippen LogP contribution < -0.4 is 4.90 Å². The number of hydrogen-bond donors (Lipinski definition) is 0. The van der Waals surface area contributed by atoms with E-state index in [0.29, 0.717) is 32.0 Å². The number of benzene rings is 1. The highest BCUT2D eigenvalue weighted by Crippen LogP contribution is 2.27. The lowest BCUT2D eigenvalue weighted by molar-refractivity contribution is -0.390. The Morgan fingerprint density at radius 3 is 2.24 bits per heavy atom. The van der Waals surface area contributed by atoms with E-state index in [-0.39, 0.29) is 0 Å². The molecule has 0 bridgehead atoms. The molecule has 1 heterocycles. The van der Waals surface area contributed by atoms with E-state index in [1.54, 1.807) is 4.90 Å². The standard InChI is InChI=1S/C10H10F2N2O3/c11-8-5-7(13-1-3-17-4-2-13)6-9(12)10(8)14(15)16/h5-6H,1-4H2. The molecule has 0 unspecified atom stereocenters. The van der Waals surface area contributed by atoms with Gasteiger partial charge in [-0.3, -0.25) is 10.1 Å². The molecule has 1 saturated heterocycles. The molecule has 0 atom stereocenters. The monoisotopic (exact) mass is 244 g/mol. The first-order valence-electron chi connectivity index (χ1n) is 5.05. The van der Waals surface area contributed by atoms with Gasteiger partial charge in [0.05, 0.1) is 18.1 Å². The van der Waals surface area contributed by atoms with Crippen LogP contribution in [-0.4, -0.2) is 31.2 Å². The zero-order chi connectivity index (χ0) is 12.4. The van der Waals surface area contributed by atoms with Crippen LogP contribution in [0.4, 0.5) is 20.2 Å². The third kappa shape index (κ3) is 2.33. The molecule has 1 aliphatic rings. The van der Waals surface area contributed by atoms with E-state index >= 15 is 0 Å². The maximum atomic E-state index is 13.4. The van der Waals surface area contributed by atoms with Crippen LogP contribution in [0.3, 0.4) is 0 Å². The molecule has 0 radical (unpaired) electrons. The van der Waals surface area contributed by atoms with Crippen LogP contribution >= 0.6 is 0 Å². The smallest absolute Gasteiger partial charge is 0.340 e. The van der Waals surface area contributed by atoms with Gasteiger partial charge in [0.15, 0.2) is 0 Å². The molecule has 1 fully saturated rings. The second kappa shape index (κ2) is 4.62. The summed E-state index contributed by atoms with van der Waals surface area (Å²) in [5.41, 5.74) is -0.809. The summed E-state index contributed by atoms with van der Waals surface area (Å²) < 4.78 is 31.9. The Morgan fingerprint density at radius 1 is 1.24 bits per heavy atom. The van der Waals surface area contributed by atoms with Crippen LogP contribution in [0.25, 0.3) is 0 Å². The maximum absolute atomic E-state index is 13.4. The van der Waals surface area contributed by atoms with Crippen molar-refractivity contribution >= 4 is 11.4 Å². The summed E-state index contributed by atoms with van der Waals surface area (Å²) in [4.78, 5) is 11.1. The van der Waals surface area contributed by atoms with Crippen molar-refractivity contribution in [2.75, 3.05) is 31.2 Å². The molecule has 0 aromatic heterocycles. The van der Waals surface area contributed by atoms with Gasteiger partial charge >= 0.3 is 5.69 Å². The van der Waals surface area contributed by atoms with Crippen molar-refractivity contribution < 1.29 is 18.4 Å². The number of anilines is 1. The summed E-state index contributed by atoms with van der Waals surface area (Å²) in [7, 11) is 0. The molecule has 7 heteroatoms. The Balaban J connectivity index is 2.34. The van der Waals surface area contributed by atoms with Gasteiger partial charge in [0.1, 0.15) is 0 Å². The lowest BCUT2D eigenvalue weighted by atomic mass is 10.2. The summed E-state index contributed by atoms with van der Waals surface area (Å²) in [5, 5.41) is 10.4. The van der Waals surface area contributed by atoms with Gasteiger partial charge in [0.2, 0.25) is 11.6 Å². The average Bonchev–Trinajstić information content (AvgIpc) is 2.28. The Morgan fingerprint density at radius 2 is 1.76 bits per heavy atom. The fourth-order valence-corrected chi connectivity index (χ4v) is 1.73. The number of rotatable bonds is 2. The fraction of sp³-hybridized carbons (Fsp3) is 0.400. The SMILES string of the molecule is O=[N+]([O-])c1c(F)cc(N2CCOCC2)cc1F. The minimum absolute atomic E-state index is 0.300. The van der Waals surface area contributed by atoms with E-state index in [4.69, 9.17) is 4.74 Å². The maximum Gasteiger partial charge on any atom is 0.340 e. The van der Waals surface area contributed by atoms with Gasteiger partial charge in [-0.25, -0.2) is 0 Å². The molecular formula is C10H10F2N2O3. The third-order valence-corrected chi connectivity index (χ3v) is 2.56. The van der Waals surface area contributed by atoms with Crippen LogP contribution in [-0.2, 0) is 4.74 Å². The summed E-state index contributed by atoms with van der Waals surface area (Å²) in [6.07, 6.45) is 0. The quantitative estimate of drug-likeness (QED) is 0.587. The number of nitro benzene ring substituents is 1. The van der Waals surface area contributed by atoms with Crippen molar-refractivity contribution in [3.63, 3.8) is 0 Å². The van der Waals surface area contributed by atoms with E-state index in [1.807, 2.05) is 0 Å². The van der Waals surface area contributed by atoms with Crippen molar-refractivity contribution in [2.24, 2.45) is 0 Å². The molecule has 1 aliphatic heterocycles. The number of morpholine rings is 1. The van der Waals surface area contributed by atoms with Gasteiger partial charge in [-0.05, 0) is 0 Å². The first-order valence-corrected chi connectivity index (χ1v) is 5.05. The zero-order valence-electron chi connectivity index (χ0n) is 8.86. The van der Waals surface area contributed by atoms with Crippen molar-refractivity contribution in [2.45, 2.75) is 0 Å². The van der Waals surface area contributed by atoms with Crippen LogP contribution in [0, 0.1) is 21.7 Å². The van der Waals surface area contributed by atoms with E-state index in [1.165, 1.54) is 0 Å². The summed E-state index contributed by atoms with van der Waals surface area (Å²) in [5.74, 6) is -2.31. The first-order chi connectivity index (χ1) is 8.09. The molecule has 92 valence electrons. The van der Waals surface area contributed by atoms with Gasteiger partial charge in [0.25, 0.3) is 0 Å². The highest BCUT2D eigenvalue weighted by Gasteiger charge is 2.24. The Hall–Kier alpha value is -1.76.